The number of piperidine rings is 1. The number of carbonyl (C=O) groups is 2. The van der Waals surface area contributed by atoms with E-state index in [2.05, 4.69) is 10.6 Å². The van der Waals surface area contributed by atoms with Crippen LogP contribution in [0.3, 0.4) is 0 Å². The summed E-state index contributed by atoms with van der Waals surface area (Å²) in [7, 11) is 0. The SMILES string of the molecule is CC1(C)CNC[C@](F)(C(=O)N[C@@H]2CC[C@@H](Oc3ccc(C(=O)O)cc3-c3cccc(F)c3C3CCC3)C2)C1. The first-order chi connectivity index (χ1) is 18.0. The van der Waals surface area contributed by atoms with E-state index >= 15 is 4.39 Å². The maximum absolute atomic E-state index is 15.5. The molecule has 0 unspecified atom stereocenters. The largest absolute Gasteiger partial charge is 0.490 e. The van der Waals surface area contributed by atoms with Crippen LogP contribution in [0, 0.1) is 11.2 Å². The molecule has 3 atom stereocenters. The molecule has 2 aliphatic carbocycles. The smallest absolute Gasteiger partial charge is 0.335 e. The normalized spacial score (nSPS) is 26.9. The Morgan fingerprint density at radius 3 is 2.55 bits per heavy atom. The third kappa shape index (κ3) is 5.41. The van der Waals surface area contributed by atoms with Crippen LogP contribution in [0.2, 0.25) is 0 Å². The van der Waals surface area contributed by atoms with E-state index < -0.39 is 17.5 Å². The van der Waals surface area contributed by atoms with Crippen molar-refractivity contribution in [2.24, 2.45) is 5.41 Å². The maximum atomic E-state index is 15.5. The van der Waals surface area contributed by atoms with Crippen molar-refractivity contribution in [2.45, 2.75) is 82.5 Å². The minimum Gasteiger partial charge on any atom is -0.490 e. The van der Waals surface area contributed by atoms with Gasteiger partial charge in [0.05, 0.1) is 5.56 Å². The zero-order valence-electron chi connectivity index (χ0n) is 22.0. The highest BCUT2D eigenvalue weighted by atomic mass is 19.1. The number of rotatable bonds is 7. The van der Waals surface area contributed by atoms with E-state index in [-0.39, 0.29) is 47.8 Å². The van der Waals surface area contributed by atoms with E-state index in [0.717, 1.165) is 19.3 Å². The van der Waals surface area contributed by atoms with Crippen molar-refractivity contribution in [3.63, 3.8) is 0 Å². The second-order valence-electron chi connectivity index (χ2n) is 12.0. The number of nitrogens with one attached hydrogen (secondary N) is 2. The Morgan fingerprint density at radius 2 is 1.87 bits per heavy atom. The Bertz CT molecular complexity index is 1230. The lowest BCUT2D eigenvalue weighted by molar-refractivity contribution is -0.137. The van der Waals surface area contributed by atoms with E-state index in [0.29, 0.717) is 48.2 Å². The summed E-state index contributed by atoms with van der Waals surface area (Å²) in [6.45, 7) is 4.57. The van der Waals surface area contributed by atoms with Gasteiger partial charge in [-0.05, 0) is 78.8 Å². The van der Waals surface area contributed by atoms with Gasteiger partial charge >= 0.3 is 5.97 Å². The molecule has 3 aliphatic rings. The lowest BCUT2D eigenvalue weighted by atomic mass is 9.76. The number of hydrogen-bond acceptors (Lipinski definition) is 4. The third-order valence-corrected chi connectivity index (χ3v) is 8.27. The molecule has 3 fully saturated rings. The van der Waals surface area contributed by atoms with Crippen LogP contribution >= 0.6 is 0 Å². The number of amides is 1. The molecule has 1 amide bonds. The van der Waals surface area contributed by atoms with Gasteiger partial charge in [-0.15, -0.1) is 0 Å². The van der Waals surface area contributed by atoms with Crippen molar-refractivity contribution >= 4 is 11.9 Å². The molecular weight excluding hydrogens is 490 g/mol. The molecule has 0 radical (unpaired) electrons. The number of carboxylic acids is 1. The fraction of sp³-hybridized carbons (Fsp3) is 0.533. The van der Waals surface area contributed by atoms with Crippen LogP contribution in [0.4, 0.5) is 8.78 Å². The molecule has 8 heteroatoms. The summed E-state index contributed by atoms with van der Waals surface area (Å²) in [6, 6.07) is 9.36. The van der Waals surface area contributed by atoms with Gasteiger partial charge in [-0.3, -0.25) is 4.79 Å². The van der Waals surface area contributed by atoms with Crippen LogP contribution in [-0.2, 0) is 4.79 Å². The molecule has 0 spiro atoms. The van der Waals surface area contributed by atoms with Crippen molar-refractivity contribution in [1.29, 1.82) is 0 Å². The summed E-state index contributed by atoms with van der Waals surface area (Å²) in [6.07, 6.45) is 4.59. The van der Waals surface area contributed by atoms with Gasteiger partial charge in [0.15, 0.2) is 0 Å². The van der Waals surface area contributed by atoms with Crippen LogP contribution < -0.4 is 15.4 Å². The molecule has 2 aromatic carbocycles. The van der Waals surface area contributed by atoms with Gasteiger partial charge in [0.2, 0.25) is 5.67 Å². The predicted octanol–water partition coefficient (Wildman–Crippen LogP) is 5.60. The number of hydrogen-bond donors (Lipinski definition) is 3. The van der Waals surface area contributed by atoms with Crippen molar-refractivity contribution < 1.29 is 28.2 Å². The maximum Gasteiger partial charge on any atom is 0.335 e. The molecule has 2 saturated carbocycles. The van der Waals surface area contributed by atoms with Gasteiger partial charge in [0.1, 0.15) is 17.7 Å². The zero-order valence-corrected chi connectivity index (χ0v) is 22.0. The highest BCUT2D eigenvalue weighted by molar-refractivity contribution is 5.91. The molecule has 204 valence electrons. The molecule has 6 nitrogen and oxygen atoms in total. The summed E-state index contributed by atoms with van der Waals surface area (Å²) >= 11 is 0. The van der Waals surface area contributed by atoms with Crippen LogP contribution in [0.25, 0.3) is 11.1 Å². The van der Waals surface area contributed by atoms with E-state index in [1.165, 1.54) is 12.1 Å². The van der Waals surface area contributed by atoms with Crippen LogP contribution in [0.1, 0.15) is 80.6 Å². The van der Waals surface area contributed by atoms with Crippen molar-refractivity contribution in [3.05, 3.63) is 53.3 Å². The molecule has 38 heavy (non-hydrogen) atoms. The van der Waals surface area contributed by atoms with Gasteiger partial charge < -0.3 is 20.5 Å². The van der Waals surface area contributed by atoms with Crippen molar-refractivity contribution in [3.8, 4) is 16.9 Å². The highest BCUT2D eigenvalue weighted by Crippen LogP contribution is 2.45. The average molecular weight is 527 g/mol. The highest BCUT2D eigenvalue weighted by Gasteiger charge is 2.47. The Hall–Kier alpha value is -3.00. The number of benzene rings is 2. The second kappa shape index (κ2) is 10.3. The number of alkyl halides is 1. The summed E-state index contributed by atoms with van der Waals surface area (Å²) < 4.78 is 36.8. The standard InChI is InChI=1S/C30H36F2N2O4/c1-29(2)15-30(32,17-33-16-29)28(37)34-20-10-11-21(14-20)38-25-12-9-19(27(35)36)13-23(25)22-7-4-8-24(31)26(22)18-5-3-6-18/h4,7-9,12-13,18,20-21,33H,3,5-6,10-11,14-17H2,1-2H3,(H,34,37)(H,35,36)/t20-,21-,30+/m1/s1. The van der Waals surface area contributed by atoms with Crippen LogP contribution in [0.5, 0.6) is 5.75 Å². The van der Waals surface area contributed by atoms with Gasteiger partial charge in [-0.1, -0.05) is 32.4 Å². The van der Waals surface area contributed by atoms with Gasteiger partial charge in [-0.2, -0.15) is 0 Å². The quantitative estimate of drug-likeness (QED) is 0.437. The minimum absolute atomic E-state index is 0.00512. The van der Waals surface area contributed by atoms with Gasteiger partial charge in [0, 0.05) is 31.1 Å². The summed E-state index contributed by atoms with van der Waals surface area (Å²) in [4.78, 5) is 24.6. The van der Waals surface area contributed by atoms with Crippen molar-refractivity contribution in [2.75, 3.05) is 13.1 Å². The number of carbonyl (C=O) groups excluding carboxylic acids is 1. The second-order valence-corrected chi connectivity index (χ2v) is 12.0. The van der Waals surface area contributed by atoms with Crippen LogP contribution in [0.15, 0.2) is 36.4 Å². The first kappa shape index (κ1) is 26.6. The van der Waals surface area contributed by atoms with E-state index in [4.69, 9.17) is 4.74 Å². The lowest BCUT2D eigenvalue weighted by Crippen LogP contribution is -2.59. The predicted molar refractivity (Wildman–Crippen MR) is 141 cm³/mol. The number of aromatic carboxylic acids is 1. The molecule has 2 aromatic rings. The molecule has 1 heterocycles. The first-order valence-corrected chi connectivity index (χ1v) is 13.6. The molecule has 0 aromatic heterocycles. The van der Waals surface area contributed by atoms with Gasteiger partial charge in [-0.25, -0.2) is 13.6 Å². The Kier molecular flexibility index (Phi) is 7.20. The fourth-order valence-corrected chi connectivity index (χ4v) is 6.18. The molecule has 1 aliphatic heterocycles. The van der Waals surface area contributed by atoms with Crippen molar-refractivity contribution in [1.82, 2.24) is 10.6 Å². The Labute approximate surface area is 222 Å². The van der Waals surface area contributed by atoms with E-state index in [9.17, 15) is 19.1 Å². The number of carboxylic acid groups (broad SMARTS) is 1. The summed E-state index contributed by atoms with van der Waals surface area (Å²) in [5.41, 5.74) is -0.334. The Balaban J connectivity index is 1.34. The first-order valence-electron chi connectivity index (χ1n) is 13.6. The topological polar surface area (TPSA) is 87.7 Å². The molecule has 1 saturated heterocycles. The number of ether oxygens (including phenoxy) is 1. The molecular formula is C30H36F2N2O4. The number of halogens is 2. The summed E-state index contributed by atoms with van der Waals surface area (Å²) in [5, 5.41) is 15.6. The summed E-state index contributed by atoms with van der Waals surface area (Å²) in [5.74, 6) is -1.35. The fourth-order valence-electron chi connectivity index (χ4n) is 6.18. The van der Waals surface area contributed by atoms with E-state index in [1.807, 2.05) is 19.9 Å². The van der Waals surface area contributed by atoms with E-state index in [1.54, 1.807) is 18.2 Å². The average Bonchev–Trinajstić information content (AvgIpc) is 3.25. The molecule has 5 rings (SSSR count). The monoisotopic (exact) mass is 526 g/mol. The Morgan fingerprint density at radius 1 is 1.08 bits per heavy atom. The third-order valence-electron chi connectivity index (χ3n) is 8.27. The zero-order chi connectivity index (χ0) is 27.1. The lowest BCUT2D eigenvalue weighted by Gasteiger charge is -2.39. The minimum atomic E-state index is -1.95. The molecule has 3 N–H and O–H groups in total. The van der Waals surface area contributed by atoms with Gasteiger partial charge in [0.25, 0.3) is 5.91 Å². The van der Waals surface area contributed by atoms with Crippen LogP contribution in [-0.4, -0.2) is 47.9 Å². The molecule has 0 bridgehead atoms.